The van der Waals surface area contributed by atoms with Crippen molar-refractivity contribution in [2.45, 2.75) is 44.2 Å². The van der Waals surface area contributed by atoms with Crippen LogP contribution >= 0.6 is 22.6 Å². The second kappa shape index (κ2) is 3.30. The molecular formula is C8H13IO4. The lowest BCUT2D eigenvalue weighted by molar-refractivity contribution is -0.211. The Hall–Kier alpha value is 0.570. The molecule has 2 saturated heterocycles. The van der Waals surface area contributed by atoms with Crippen LogP contribution in [0.1, 0.15) is 13.8 Å². The standard InChI is InChI=1S/C8H13IO4/c1-8(2)12-6-5(10)4(3-9)11-7(6)13-8/h4-7,10H,3H2,1-2H3/t4-,5+,6+,7+/m0/s1. The van der Waals surface area contributed by atoms with Gasteiger partial charge in [-0.05, 0) is 13.8 Å². The summed E-state index contributed by atoms with van der Waals surface area (Å²) in [4.78, 5) is 0. The number of aliphatic hydroxyl groups is 1. The van der Waals surface area contributed by atoms with Crippen LogP contribution in [0.25, 0.3) is 0 Å². The van der Waals surface area contributed by atoms with E-state index in [1.165, 1.54) is 0 Å². The normalized spacial score (nSPS) is 48.0. The summed E-state index contributed by atoms with van der Waals surface area (Å²) in [6, 6.07) is 0. The maximum absolute atomic E-state index is 9.76. The molecule has 0 saturated carbocycles. The van der Waals surface area contributed by atoms with Crippen LogP contribution in [-0.4, -0.2) is 39.9 Å². The number of alkyl halides is 1. The molecule has 76 valence electrons. The molecule has 0 aliphatic carbocycles. The Morgan fingerprint density at radius 3 is 2.62 bits per heavy atom. The third-order valence-corrected chi connectivity index (χ3v) is 3.13. The van der Waals surface area contributed by atoms with Gasteiger partial charge in [-0.1, -0.05) is 22.6 Å². The third-order valence-electron chi connectivity index (χ3n) is 2.27. The summed E-state index contributed by atoms with van der Waals surface area (Å²) in [5.41, 5.74) is 0. The van der Waals surface area contributed by atoms with E-state index in [-0.39, 0.29) is 12.2 Å². The van der Waals surface area contributed by atoms with Gasteiger partial charge >= 0.3 is 0 Å². The Balaban J connectivity index is 2.07. The molecule has 0 unspecified atom stereocenters. The highest BCUT2D eigenvalue weighted by Crippen LogP contribution is 2.37. The highest BCUT2D eigenvalue weighted by molar-refractivity contribution is 14.1. The van der Waals surface area contributed by atoms with Crippen molar-refractivity contribution >= 4 is 22.6 Å². The third kappa shape index (κ3) is 1.72. The van der Waals surface area contributed by atoms with E-state index >= 15 is 0 Å². The van der Waals surface area contributed by atoms with Crippen LogP contribution in [-0.2, 0) is 14.2 Å². The minimum atomic E-state index is -0.632. The minimum Gasteiger partial charge on any atom is -0.387 e. The molecule has 2 aliphatic heterocycles. The van der Waals surface area contributed by atoms with Gasteiger partial charge in [-0.25, -0.2) is 0 Å². The maximum Gasteiger partial charge on any atom is 0.190 e. The van der Waals surface area contributed by atoms with E-state index in [4.69, 9.17) is 14.2 Å². The van der Waals surface area contributed by atoms with Crippen molar-refractivity contribution < 1.29 is 19.3 Å². The molecule has 0 bridgehead atoms. The van der Waals surface area contributed by atoms with Gasteiger partial charge in [-0.3, -0.25) is 0 Å². The second-order valence-electron chi connectivity index (χ2n) is 3.79. The second-order valence-corrected chi connectivity index (χ2v) is 4.67. The van der Waals surface area contributed by atoms with E-state index in [9.17, 15) is 5.11 Å². The highest BCUT2D eigenvalue weighted by Gasteiger charge is 2.53. The summed E-state index contributed by atoms with van der Waals surface area (Å²) in [5, 5.41) is 9.76. The Labute approximate surface area is 90.7 Å². The van der Waals surface area contributed by atoms with Gasteiger partial charge in [0.2, 0.25) is 0 Å². The molecular weight excluding hydrogens is 287 g/mol. The zero-order chi connectivity index (χ0) is 9.64. The number of halogens is 1. The topological polar surface area (TPSA) is 47.9 Å². The monoisotopic (exact) mass is 300 g/mol. The fourth-order valence-corrected chi connectivity index (χ4v) is 2.41. The van der Waals surface area contributed by atoms with Crippen molar-refractivity contribution in [3.63, 3.8) is 0 Å². The molecule has 0 aromatic heterocycles. The lowest BCUT2D eigenvalue weighted by Crippen LogP contribution is -2.35. The molecule has 0 aromatic rings. The fourth-order valence-electron chi connectivity index (χ4n) is 1.69. The molecule has 4 nitrogen and oxygen atoms in total. The van der Waals surface area contributed by atoms with Gasteiger partial charge in [0.15, 0.2) is 12.1 Å². The van der Waals surface area contributed by atoms with Crippen LogP contribution in [0.5, 0.6) is 0 Å². The Morgan fingerprint density at radius 1 is 1.38 bits per heavy atom. The van der Waals surface area contributed by atoms with Crippen molar-refractivity contribution in [1.82, 2.24) is 0 Å². The molecule has 0 amide bonds. The van der Waals surface area contributed by atoms with E-state index in [2.05, 4.69) is 22.6 Å². The molecule has 4 atom stereocenters. The van der Waals surface area contributed by atoms with Crippen LogP contribution in [0.3, 0.4) is 0 Å². The summed E-state index contributed by atoms with van der Waals surface area (Å²) >= 11 is 2.18. The van der Waals surface area contributed by atoms with E-state index in [0.717, 1.165) is 4.43 Å². The number of hydrogen-bond acceptors (Lipinski definition) is 4. The van der Waals surface area contributed by atoms with Gasteiger partial charge in [-0.15, -0.1) is 0 Å². The summed E-state index contributed by atoms with van der Waals surface area (Å²) in [6.07, 6.45) is -1.45. The van der Waals surface area contributed by atoms with E-state index in [1.807, 2.05) is 13.8 Å². The lowest BCUT2D eigenvalue weighted by Gasteiger charge is -2.21. The predicted molar refractivity (Wildman–Crippen MR) is 53.6 cm³/mol. The van der Waals surface area contributed by atoms with Crippen molar-refractivity contribution in [1.29, 1.82) is 0 Å². The van der Waals surface area contributed by atoms with Gasteiger partial charge in [0.25, 0.3) is 0 Å². The zero-order valence-electron chi connectivity index (χ0n) is 7.57. The molecule has 0 aromatic carbocycles. The first-order chi connectivity index (χ1) is 6.03. The molecule has 2 heterocycles. The Bertz CT molecular complexity index is 208. The number of hydrogen-bond donors (Lipinski definition) is 1. The quantitative estimate of drug-likeness (QED) is 0.571. The van der Waals surface area contributed by atoms with Gasteiger partial charge in [0.05, 0.1) is 6.10 Å². The first-order valence-corrected chi connectivity index (χ1v) is 5.81. The minimum absolute atomic E-state index is 0.160. The van der Waals surface area contributed by atoms with E-state index in [0.29, 0.717) is 0 Å². The summed E-state index contributed by atoms with van der Waals surface area (Å²) in [5.74, 6) is -0.632. The smallest absolute Gasteiger partial charge is 0.190 e. The van der Waals surface area contributed by atoms with Crippen LogP contribution in [0, 0.1) is 0 Å². The largest absolute Gasteiger partial charge is 0.387 e. The van der Waals surface area contributed by atoms with Crippen molar-refractivity contribution in [3.8, 4) is 0 Å². The maximum atomic E-state index is 9.76. The van der Waals surface area contributed by atoms with Crippen LogP contribution in [0.15, 0.2) is 0 Å². The van der Waals surface area contributed by atoms with E-state index in [1.54, 1.807) is 0 Å². The van der Waals surface area contributed by atoms with Gasteiger partial charge in [-0.2, -0.15) is 0 Å². The van der Waals surface area contributed by atoms with Crippen molar-refractivity contribution in [2.75, 3.05) is 4.43 Å². The van der Waals surface area contributed by atoms with Gasteiger partial charge in [0.1, 0.15) is 12.2 Å². The molecule has 2 aliphatic rings. The number of rotatable bonds is 1. The molecule has 2 rings (SSSR count). The predicted octanol–water partition coefficient (Wildman–Crippen LogP) is 0.659. The fraction of sp³-hybridized carbons (Fsp3) is 1.00. The summed E-state index contributed by atoms with van der Waals surface area (Å²) in [6.45, 7) is 3.64. The number of fused-ring (bicyclic) bond motifs is 1. The van der Waals surface area contributed by atoms with Crippen LogP contribution in [0.4, 0.5) is 0 Å². The van der Waals surface area contributed by atoms with Gasteiger partial charge in [0, 0.05) is 4.43 Å². The molecule has 5 heteroatoms. The molecule has 2 fully saturated rings. The highest BCUT2D eigenvalue weighted by atomic mass is 127. The van der Waals surface area contributed by atoms with E-state index < -0.39 is 18.2 Å². The molecule has 0 radical (unpaired) electrons. The Morgan fingerprint density at radius 2 is 2.08 bits per heavy atom. The zero-order valence-corrected chi connectivity index (χ0v) is 9.72. The molecule has 1 N–H and O–H groups in total. The van der Waals surface area contributed by atoms with Crippen molar-refractivity contribution in [3.05, 3.63) is 0 Å². The summed E-state index contributed by atoms with van der Waals surface area (Å²) in [7, 11) is 0. The van der Waals surface area contributed by atoms with Gasteiger partial charge < -0.3 is 19.3 Å². The first-order valence-electron chi connectivity index (χ1n) is 4.28. The average molecular weight is 300 g/mol. The first kappa shape index (κ1) is 10.1. The Kier molecular flexibility index (Phi) is 2.57. The number of aliphatic hydroxyl groups excluding tert-OH is 1. The van der Waals surface area contributed by atoms with Crippen LogP contribution < -0.4 is 0 Å². The lowest BCUT2D eigenvalue weighted by atomic mass is 10.2. The van der Waals surface area contributed by atoms with Crippen molar-refractivity contribution in [2.24, 2.45) is 0 Å². The molecule has 13 heavy (non-hydrogen) atoms. The average Bonchev–Trinajstić information content (AvgIpc) is 2.47. The SMILES string of the molecule is CC1(C)O[C@H]2O[C@@H](CI)[C@@H](O)[C@H]2O1. The van der Waals surface area contributed by atoms with Crippen LogP contribution in [0.2, 0.25) is 0 Å². The summed E-state index contributed by atoms with van der Waals surface area (Å²) < 4.78 is 17.2. The number of ether oxygens (including phenoxy) is 3. The molecule has 0 spiro atoms.